The number of carboxylic acids is 2. The monoisotopic (exact) mass is 418 g/mol. The zero-order valence-corrected chi connectivity index (χ0v) is 16.6. The SMILES string of the molecule is C[C@@H](CC(Cc1ccc(-c2cccc(Cl)c2)cc1)NC(=O)NCC(=O)O)C(=O)O. The topological polar surface area (TPSA) is 116 Å². The number of hydrogen-bond donors (Lipinski definition) is 4. The molecule has 0 aliphatic heterocycles. The molecule has 0 radical (unpaired) electrons. The molecule has 2 amide bonds. The average Bonchev–Trinajstić information content (AvgIpc) is 2.66. The summed E-state index contributed by atoms with van der Waals surface area (Å²) >= 11 is 6.03. The summed E-state index contributed by atoms with van der Waals surface area (Å²) in [4.78, 5) is 33.7. The summed E-state index contributed by atoms with van der Waals surface area (Å²) < 4.78 is 0. The molecule has 0 aliphatic carbocycles. The molecule has 2 atom stereocenters. The summed E-state index contributed by atoms with van der Waals surface area (Å²) in [6.45, 7) is 1.05. The maximum atomic E-state index is 11.9. The van der Waals surface area contributed by atoms with Crippen molar-refractivity contribution in [3.8, 4) is 11.1 Å². The van der Waals surface area contributed by atoms with Gasteiger partial charge in [-0.1, -0.05) is 54.9 Å². The quantitative estimate of drug-likeness (QED) is 0.498. The number of halogens is 1. The van der Waals surface area contributed by atoms with Crippen molar-refractivity contribution in [2.45, 2.75) is 25.8 Å². The molecule has 7 nitrogen and oxygen atoms in total. The Bertz CT molecular complexity index is 870. The third-order valence-corrected chi connectivity index (χ3v) is 4.62. The Balaban J connectivity index is 2.09. The minimum Gasteiger partial charge on any atom is -0.481 e. The maximum Gasteiger partial charge on any atom is 0.323 e. The van der Waals surface area contributed by atoms with E-state index in [9.17, 15) is 19.5 Å². The summed E-state index contributed by atoms with van der Waals surface area (Å²) in [5.74, 6) is -2.78. The van der Waals surface area contributed by atoms with Crippen molar-refractivity contribution < 1.29 is 24.6 Å². The van der Waals surface area contributed by atoms with Crippen molar-refractivity contribution in [2.24, 2.45) is 5.92 Å². The van der Waals surface area contributed by atoms with Crippen molar-refractivity contribution in [3.63, 3.8) is 0 Å². The van der Waals surface area contributed by atoms with E-state index in [1.165, 1.54) is 0 Å². The van der Waals surface area contributed by atoms with Crippen LogP contribution in [0.15, 0.2) is 48.5 Å². The molecule has 0 spiro atoms. The van der Waals surface area contributed by atoms with Crippen LogP contribution in [-0.2, 0) is 16.0 Å². The first-order chi connectivity index (χ1) is 13.7. The van der Waals surface area contributed by atoms with Crippen LogP contribution in [0.3, 0.4) is 0 Å². The molecule has 2 aromatic rings. The average molecular weight is 419 g/mol. The zero-order valence-electron chi connectivity index (χ0n) is 15.9. The lowest BCUT2D eigenvalue weighted by molar-refractivity contribution is -0.141. The lowest BCUT2D eigenvalue weighted by Gasteiger charge is -2.21. The van der Waals surface area contributed by atoms with E-state index in [0.717, 1.165) is 16.7 Å². The van der Waals surface area contributed by atoms with Gasteiger partial charge in [0.2, 0.25) is 0 Å². The number of nitrogens with one attached hydrogen (secondary N) is 2. The fraction of sp³-hybridized carbons (Fsp3) is 0.286. The van der Waals surface area contributed by atoms with Crippen molar-refractivity contribution in [2.75, 3.05) is 6.54 Å². The molecule has 2 rings (SSSR count). The third kappa shape index (κ3) is 7.46. The number of aliphatic carboxylic acids is 2. The van der Waals surface area contributed by atoms with E-state index in [-0.39, 0.29) is 6.42 Å². The first kappa shape index (κ1) is 22.2. The Hall–Kier alpha value is -3.06. The summed E-state index contributed by atoms with van der Waals surface area (Å²) in [6.07, 6.45) is 0.625. The molecule has 154 valence electrons. The lowest BCUT2D eigenvalue weighted by atomic mass is 9.95. The van der Waals surface area contributed by atoms with Crippen LogP contribution < -0.4 is 10.6 Å². The van der Waals surface area contributed by atoms with Crippen molar-refractivity contribution >= 4 is 29.6 Å². The van der Waals surface area contributed by atoms with Gasteiger partial charge in [0.15, 0.2) is 0 Å². The van der Waals surface area contributed by atoms with E-state index in [1.54, 1.807) is 13.0 Å². The highest BCUT2D eigenvalue weighted by Gasteiger charge is 2.20. The zero-order chi connectivity index (χ0) is 21.4. The molecule has 2 aromatic carbocycles. The van der Waals surface area contributed by atoms with Gasteiger partial charge >= 0.3 is 18.0 Å². The molecule has 1 unspecified atom stereocenters. The van der Waals surface area contributed by atoms with Crippen molar-refractivity contribution in [3.05, 3.63) is 59.1 Å². The number of hydrogen-bond acceptors (Lipinski definition) is 3. The van der Waals surface area contributed by atoms with Crippen LogP contribution in [0.2, 0.25) is 5.02 Å². The number of amides is 2. The number of carboxylic acid groups (broad SMARTS) is 2. The second kappa shape index (κ2) is 10.5. The molecule has 29 heavy (non-hydrogen) atoms. The van der Waals surface area contributed by atoms with Gasteiger partial charge in [-0.25, -0.2) is 4.79 Å². The number of carbonyl (C=O) groups excluding carboxylic acids is 1. The van der Waals surface area contributed by atoms with E-state index >= 15 is 0 Å². The second-order valence-corrected chi connectivity index (χ2v) is 7.24. The third-order valence-electron chi connectivity index (χ3n) is 4.39. The number of rotatable bonds is 9. The largest absolute Gasteiger partial charge is 0.481 e. The Morgan fingerprint density at radius 2 is 1.72 bits per heavy atom. The van der Waals surface area contributed by atoms with E-state index in [2.05, 4.69) is 10.6 Å². The Morgan fingerprint density at radius 3 is 2.31 bits per heavy atom. The van der Waals surface area contributed by atoms with Crippen LogP contribution in [0.25, 0.3) is 11.1 Å². The minimum absolute atomic E-state index is 0.214. The highest BCUT2D eigenvalue weighted by molar-refractivity contribution is 6.30. The molecule has 4 N–H and O–H groups in total. The number of carbonyl (C=O) groups is 3. The van der Waals surface area contributed by atoms with E-state index in [1.807, 2.05) is 42.5 Å². The summed E-state index contributed by atoms with van der Waals surface area (Å²) in [7, 11) is 0. The fourth-order valence-corrected chi connectivity index (χ4v) is 3.09. The van der Waals surface area contributed by atoms with Crippen LogP contribution in [0.5, 0.6) is 0 Å². The molecule has 0 saturated carbocycles. The molecular weight excluding hydrogens is 396 g/mol. The van der Waals surface area contributed by atoms with Crippen LogP contribution in [-0.4, -0.2) is 40.8 Å². The van der Waals surface area contributed by atoms with Crippen LogP contribution in [0.1, 0.15) is 18.9 Å². The van der Waals surface area contributed by atoms with Gasteiger partial charge in [0, 0.05) is 11.1 Å². The Kier molecular flexibility index (Phi) is 8.03. The lowest BCUT2D eigenvalue weighted by Crippen LogP contribution is -2.45. The van der Waals surface area contributed by atoms with Gasteiger partial charge in [0.1, 0.15) is 6.54 Å². The highest BCUT2D eigenvalue weighted by atomic mass is 35.5. The summed E-state index contributed by atoms with van der Waals surface area (Å²) in [5.41, 5.74) is 2.88. The predicted octanol–water partition coefficient (Wildman–Crippen LogP) is 3.41. The van der Waals surface area contributed by atoms with Crippen molar-refractivity contribution in [1.29, 1.82) is 0 Å². The molecule has 0 saturated heterocycles. The number of urea groups is 1. The second-order valence-electron chi connectivity index (χ2n) is 6.80. The minimum atomic E-state index is -1.16. The highest BCUT2D eigenvalue weighted by Crippen LogP contribution is 2.23. The predicted molar refractivity (Wildman–Crippen MR) is 110 cm³/mol. The van der Waals surface area contributed by atoms with Gasteiger partial charge in [-0.15, -0.1) is 0 Å². The standard InChI is InChI=1S/C21H23ClN2O5/c1-13(20(27)28)9-18(24-21(29)23-12-19(25)26)10-14-5-7-15(8-6-14)16-3-2-4-17(22)11-16/h2-8,11,13,18H,9-10,12H2,1H3,(H,25,26)(H,27,28)(H2,23,24,29)/t13-,18?/m0/s1. The van der Waals surface area contributed by atoms with E-state index < -0.39 is 36.5 Å². The van der Waals surface area contributed by atoms with Gasteiger partial charge in [-0.05, 0) is 41.7 Å². The summed E-state index contributed by atoms with van der Waals surface area (Å²) in [6, 6.07) is 14.1. The molecule has 0 heterocycles. The van der Waals surface area contributed by atoms with Crippen LogP contribution >= 0.6 is 11.6 Å². The molecule has 8 heteroatoms. The van der Waals surface area contributed by atoms with Gasteiger partial charge < -0.3 is 20.8 Å². The molecule has 0 bridgehead atoms. The van der Waals surface area contributed by atoms with Crippen LogP contribution in [0, 0.1) is 5.92 Å². The Morgan fingerprint density at radius 1 is 1.03 bits per heavy atom. The smallest absolute Gasteiger partial charge is 0.323 e. The van der Waals surface area contributed by atoms with E-state index in [4.69, 9.17) is 16.7 Å². The normalized spacial score (nSPS) is 12.6. The fourth-order valence-electron chi connectivity index (χ4n) is 2.90. The van der Waals surface area contributed by atoms with Gasteiger partial charge in [0.05, 0.1) is 5.92 Å². The summed E-state index contributed by atoms with van der Waals surface area (Å²) in [5, 5.41) is 23.4. The first-order valence-electron chi connectivity index (χ1n) is 9.08. The number of benzene rings is 2. The first-order valence-corrected chi connectivity index (χ1v) is 9.46. The van der Waals surface area contributed by atoms with Crippen LogP contribution in [0.4, 0.5) is 4.79 Å². The molecule has 0 aliphatic rings. The van der Waals surface area contributed by atoms with E-state index in [0.29, 0.717) is 11.4 Å². The molecule has 0 fully saturated rings. The molecule has 0 aromatic heterocycles. The van der Waals surface area contributed by atoms with Gasteiger partial charge in [0.25, 0.3) is 0 Å². The Labute approximate surface area is 173 Å². The van der Waals surface area contributed by atoms with Crippen molar-refractivity contribution in [1.82, 2.24) is 10.6 Å². The van der Waals surface area contributed by atoms with Gasteiger partial charge in [-0.2, -0.15) is 0 Å². The maximum absolute atomic E-state index is 11.9. The molecular formula is C21H23ClN2O5. The van der Waals surface area contributed by atoms with Gasteiger partial charge in [-0.3, -0.25) is 9.59 Å².